The molecule has 3 heterocycles. The molecule has 0 unspecified atom stereocenters. The van der Waals surface area contributed by atoms with Gasteiger partial charge in [0.15, 0.2) is 0 Å². The van der Waals surface area contributed by atoms with E-state index in [0.29, 0.717) is 5.56 Å². The molecule has 0 aliphatic carbocycles. The Labute approximate surface area is 231 Å². The molecular formula is C33H18N4S2. The summed E-state index contributed by atoms with van der Waals surface area (Å²) in [5, 5.41) is 14.2. The molecule has 6 heteroatoms. The Hall–Kier alpha value is -4.83. The number of para-hydroxylation sites is 3. The summed E-state index contributed by atoms with van der Waals surface area (Å²) in [6.07, 6.45) is 0. The van der Waals surface area contributed by atoms with Crippen LogP contribution in [-0.2, 0) is 0 Å². The number of thiazole rings is 2. The van der Waals surface area contributed by atoms with Gasteiger partial charge in [-0.05, 0) is 72.8 Å². The molecule has 39 heavy (non-hydrogen) atoms. The van der Waals surface area contributed by atoms with Gasteiger partial charge in [0, 0.05) is 21.9 Å². The molecule has 0 saturated carbocycles. The number of fused-ring (bicyclic) bond motifs is 5. The first-order chi connectivity index (χ1) is 19.3. The van der Waals surface area contributed by atoms with Gasteiger partial charge in [-0.15, -0.1) is 22.7 Å². The predicted molar refractivity (Wildman–Crippen MR) is 163 cm³/mol. The second-order valence-corrected chi connectivity index (χ2v) is 11.5. The molecule has 4 nitrogen and oxygen atoms in total. The van der Waals surface area contributed by atoms with Gasteiger partial charge in [-0.1, -0.05) is 36.4 Å². The van der Waals surface area contributed by atoms with Gasteiger partial charge in [-0.2, -0.15) is 5.26 Å². The van der Waals surface area contributed by atoms with E-state index in [1.165, 1.54) is 9.40 Å². The molecule has 8 rings (SSSR count). The lowest BCUT2D eigenvalue weighted by molar-refractivity contribution is 1.17. The van der Waals surface area contributed by atoms with Gasteiger partial charge in [0.1, 0.15) is 16.1 Å². The summed E-state index contributed by atoms with van der Waals surface area (Å²) >= 11 is 3.41. The molecule has 0 aliphatic heterocycles. The van der Waals surface area contributed by atoms with Crippen molar-refractivity contribution in [1.82, 2.24) is 14.5 Å². The van der Waals surface area contributed by atoms with Crippen molar-refractivity contribution < 1.29 is 0 Å². The Balaban J connectivity index is 1.41. The van der Waals surface area contributed by atoms with Gasteiger partial charge in [0.2, 0.25) is 0 Å². The first-order valence-electron chi connectivity index (χ1n) is 12.6. The maximum absolute atomic E-state index is 9.91. The number of rotatable bonds is 3. The van der Waals surface area contributed by atoms with Crippen molar-refractivity contribution in [3.05, 3.63) is 115 Å². The average Bonchev–Trinajstić information content (AvgIpc) is 3.70. The van der Waals surface area contributed by atoms with Gasteiger partial charge in [-0.3, -0.25) is 0 Å². The Morgan fingerprint density at radius 1 is 0.590 bits per heavy atom. The topological polar surface area (TPSA) is 54.5 Å². The van der Waals surface area contributed by atoms with Crippen LogP contribution < -0.4 is 0 Å². The van der Waals surface area contributed by atoms with Crippen LogP contribution >= 0.6 is 22.7 Å². The summed E-state index contributed by atoms with van der Waals surface area (Å²) in [4.78, 5) is 9.82. The summed E-state index contributed by atoms with van der Waals surface area (Å²) in [5.74, 6) is 0. The molecule has 8 aromatic rings. The van der Waals surface area contributed by atoms with E-state index in [0.717, 1.165) is 59.7 Å². The summed E-state index contributed by atoms with van der Waals surface area (Å²) in [5.41, 5.74) is 7.82. The van der Waals surface area contributed by atoms with Gasteiger partial charge >= 0.3 is 0 Å². The van der Waals surface area contributed by atoms with Crippen LogP contribution in [0.5, 0.6) is 0 Å². The van der Waals surface area contributed by atoms with Crippen LogP contribution in [0.4, 0.5) is 0 Å². The van der Waals surface area contributed by atoms with Crippen LogP contribution in [0.3, 0.4) is 0 Å². The summed E-state index contributed by atoms with van der Waals surface area (Å²) in [6, 6.07) is 39.7. The fraction of sp³-hybridized carbons (Fsp3) is 0. The molecule has 3 aromatic heterocycles. The highest BCUT2D eigenvalue weighted by molar-refractivity contribution is 7.22. The zero-order valence-electron chi connectivity index (χ0n) is 20.5. The molecule has 5 aromatic carbocycles. The highest BCUT2D eigenvalue weighted by atomic mass is 32.1. The van der Waals surface area contributed by atoms with Gasteiger partial charge < -0.3 is 4.57 Å². The molecule has 0 bridgehead atoms. The van der Waals surface area contributed by atoms with Crippen LogP contribution in [0.2, 0.25) is 0 Å². The number of benzene rings is 5. The fourth-order valence-corrected chi connectivity index (χ4v) is 7.23. The molecule has 182 valence electrons. The predicted octanol–water partition coefficient (Wildman–Crippen LogP) is 9.21. The monoisotopic (exact) mass is 534 g/mol. The van der Waals surface area contributed by atoms with E-state index in [1.807, 2.05) is 36.4 Å². The van der Waals surface area contributed by atoms with E-state index in [9.17, 15) is 5.26 Å². The Bertz CT molecular complexity index is 2060. The van der Waals surface area contributed by atoms with Gasteiger partial charge in [0.05, 0.1) is 42.7 Å². The fourth-order valence-electron chi connectivity index (χ4n) is 5.30. The van der Waals surface area contributed by atoms with Crippen molar-refractivity contribution in [3.63, 3.8) is 0 Å². The van der Waals surface area contributed by atoms with Crippen molar-refractivity contribution in [2.24, 2.45) is 0 Å². The minimum Gasteiger partial charge on any atom is -0.308 e. The van der Waals surface area contributed by atoms with Crippen LogP contribution in [0, 0.1) is 11.3 Å². The highest BCUT2D eigenvalue weighted by Gasteiger charge is 2.18. The number of nitrogens with zero attached hydrogens (tertiary/aromatic N) is 4. The van der Waals surface area contributed by atoms with Crippen LogP contribution in [-0.4, -0.2) is 14.5 Å². The molecule has 0 aliphatic rings. The van der Waals surface area contributed by atoms with Crippen molar-refractivity contribution in [3.8, 4) is 32.9 Å². The Morgan fingerprint density at radius 3 is 1.64 bits per heavy atom. The number of nitriles is 1. The van der Waals surface area contributed by atoms with E-state index < -0.39 is 0 Å². The zero-order chi connectivity index (χ0) is 25.9. The quantitative estimate of drug-likeness (QED) is 0.227. The van der Waals surface area contributed by atoms with Crippen LogP contribution in [0.25, 0.3) is 69.1 Å². The SMILES string of the molecule is N#Cc1ccccc1-n1c2ccc(-c3nc4ccccc4s3)cc2c2cc(-c3nc4ccccc4s3)ccc21. The molecule has 0 radical (unpaired) electrons. The second-order valence-electron chi connectivity index (χ2n) is 9.40. The zero-order valence-corrected chi connectivity index (χ0v) is 22.1. The molecule has 0 saturated heterocycles. The van der Waals surface area contributed by atoms with E-state index >= 15 is 0 Å². The number of hydrogen-bond donors (Lipinski definition) is 0. The van der Waals surface area contributed by atoms with E-state index in [4.69, 9.17) is 9.97 Å². The van der Waals surface area contributed by atoms with Crippen molar-refractivity contribution in [2.45, 2.75) is 0 Å². The summed E-state index contributed by atoms with van der Waals surface area (Å²) in [7, 11) is 0. The maximum atomic E-state index is 9.91. The minimum atomic E-state index is 0.641. The Kier molecular flexibility index (Phi) is 4.89. The first-order valence-corrected chi connectivity index (χ1v) is 14.2. The molecular weight excluding hydrogens is 517 g/mol. The lowest BCUT2D eigenvalue weighted by Crippen LogP contribution is -1.97. The normalized spacial score (nSPS) is 11.6. The lowest BCUT2D eigenvalue weighted by Gasteiger charge is -2.10. The number of aromatic nitrogens is 3. The van der Waals surface area contributed by atoms with E-state index in [-0.39, 0.29) is 0 Å². The van der Waals surface area contributed by atoms with Crippen molar-refractivity contribution in [2.75, 3.05) is 0 Å². The third-order valence-electron chi connectivity index (χ3n) is 7.11. The Morgan fingerprint density at radius 2 is 1.10 bits per heavy atom. The van der Waals surface area contributed by atoms with Crippen LogP contribution in [0.15, 0.2) is 109 Å². The molecule has 0 fully saturated rings. The van der Waals surface area contributed by atoms with E-state index in [1.54, 1.807) is 22.7 Å². The average molecular weight is 535 g/mol. The second kappa shape index (κ2) is 8.60. The number of hydrogen-bond acceptors (Lipinski definition) is 5. The molecule has 0 amide bonds. The molecule has 0 atom stereocenters. The third kappa shape index (κ3) is 3.48. The van der Waals surface area contributed by atoms with Crippen LogP contribution in [0.1, 0.15) is 5.56 Å². The molecule has 0 N–H and O–H groups in total. The highest BCUT2D eigenvalue weighted by Crippen LogP contribution is 2.40. The van der Waals surface area contributed by atoms with Crippen molar-refractivity contribution in [1.29, 1.82) is 5.26 Å². The first kappa shape index (κ1) is 22.2. The minimum absolute atomic E-state index is 0.641. The standard InChI is InChI=1S/C33H18N4S2/c34-19-22-7-1-4-10-27(22)37-28-15-13-20(32-35-25-8-2-5-11-30(25)38-32)17-23(28)24-18-21(14-16-29(24)37)33-36-26-9-3-6-12-31(26)39-33/h1-18H. The summed E-state index contributed by atoms with van der Waals surface area (Å²) in [6.45, 7) is 0. The maximum Gasteiger partial charge on any atom is 0.124 e. The summed E-state index contributed by atoms with van der Waals surface area (Å²) < 4.78 is 4.56. The van der Waals surface area contributed by atoms with Crippen molar-refractivity contribution >= 4 is 64.9 Å². The third-order valence-corrected chi connectivity index (χ3v) is 9.28. The molecule has 0 spiro atoms. The smallest absolute Gasteiger partial charge is 0.124 e. The van der Waals surface area contributed by atoms with Gasteiger partial charge in [-0.25, -0.2) is 9.97 Å². The largest absolute Gasteiger partial charge is 0.308 e. The van der Waals surface area contributed by atoms with Gasteiger partial charge in [0.25, 0.3) is 0 Å². The lowest BCUT2D eigenvalue weighted by atomic mass is 10.1. The van der Waals surface area contributed by atoms with E-state index in [2.05, 4.69) is 83.4 Å².